The number of fused-ring (bicyclic) bond motifs is 6. The molecule has 0 bridgehead atoms. The highest BCUT2D eigenvalue weighted by atomic mass is 16.3. The maximum absolute atomic E-state index is 6.49. The molecule has 1 aromatic heterocycles. The van der Waals surface area contributed by atoms with Crippen molar-refractivity contribution in [2.45, 2.75) is 0 Å². The largest absolute Gasteiger partial charge is 0.456 e. The van der Waals surface area contributed by atoms with Crippen LogP contribution in [0.1, 0.15) is 0 Å². The first-order valence-corrected chi connectivity index (χ1v) is 16.8. The lowest BCUT2D eigenvalue weighted by Crippen LogP contribution is -1.93. The first-order chi connectivity index (χ1) is 24.3. The third-order valence-electron chi connectivity index (χ3n) is 10.1. The average Bonchev–Trinajstić information content (AvgIpc) is 3.54. The molecule has 0 N–H and O–H groups in total. The lowest BCUT2D eigenvalue weighted by atomic mass is 9.83. The molecular formula is C48H30O. The van der Waals surface area contributed by atoms with Crippen LogP contribution in [0.2, 0.25) is 0 Å². The molecule has 1 nitrogen and oxygen atoms in total. The molecule has 9 aromatic carbocycles. The summed E-state index contributed by atoms with van der Waals surface area (Å²) in [4.78, 5) is 0. The van der Waals surface area contributed by atoms with Gasteiger partial charge in [0.2, 0.25) is 0 Å². The molecule has 0 atom stereocenters. The quantitative estimate of drug-likeness (QED) is 0.178. The first-order valence-electron chi connectivity index (χ1n) is 16.8. The van der Waals surface area contributed by atoms with Crippen molar-refractivity contribution in [3.8, 4) is 44.5 Å². The van der Waals surface area contributed by atoms with Crippen LogP contribution in [0.3, 0.4) is 0 Å². The fraction of sp³-hybridized carbons (Fsp3) is 0. The zero-order chi connectivity index (χ0) is 32.3. The van der Waals surface area contributed by atoms with Gasteiger partial charge >= 0.3 is 0 Å². The standard InChI is InChI=1S/C48H30O/c1-2-12-31(13-3-1)33-22-25-34(26-23-33)47-38-17-6-8-19-40(38)48(41-20-9-7-18-39(41)47)44-29-43-37-16-10-11-21-45(37)49-46(43)30-42(44)36-27-24-32-14-4-5-15-35(32)28-36/h1-30H. The van der Waals surface area contributed by atoms with E-state index in [0.717, 1.165) is 27.5 Å². The highest BCUT2D eigenvalue weighted by Gasteiger charge is 2.21. The Labute approximate surface area is 284 Å². The minimum Gasteiger partial charge on any atom is -0.456 e. The van der Waals surface area contributed by atoms with Crippen molar-refractivity contribution in [2.75, 3.05) is 0 Å². The summed E-state index contributed by atoms with van der Waals surface area (Å²) in [5.74, 6) is 0. The Morgan fingerprint density at radius 1 is 0.265 bits per heavy atom. The highest BCUT2D eigenvalue weighted by Crippen LogP contribution is 2.48. The fourth-order valence-corrected chi connectivity index (χ4v) is 7.76. The van der Waals surface area contributed by atoms with Gasteiger partial charge in [-0.05, 0) is 101 Å². The van der Waals surface area contributed by atoms with Gasteiger partial charge in [0.15, 0.2) is 0 Å². The van der Waals surface area contributed by atoms with Crippen LogP contribution in [-0.4, -0.2) is 0 Å². The van der Waals surface area contributed by atoms with E-state index in [0.29, 0.717) is 0 Å². The van der Waals surface area contributed by atoms with E-state index in [1.165, 1.54) is 71.3 Å². The molecule has 0 aliphatic rings. The SMILES string of the molecule is c1ccc(-c2ccc(-c3c4ccccc4c(-c4cc5c(cc4-c4ccc6ccccc6c4)oc4ccccc45)c4ccccc34)cc2)cc1. The zero-order valence-corrected chi connectivity index (χ0v) is 26.7. The predicted molar refractivity (Wildman–Crippen MR) is 208 cm³/mol. The van der Waals surface area contributed by atoms with Crippen LogP contribution in [0.15, 0.2) is 186 Å². The van der Waals surface area contributed by atoms with Gasteiger partial charge in [-0.2, -0.15) is 0 Å². The van der Waals surface area contributed by atoms with E-state index in [9.17, 15) is 0 Å². The van der Waals surface area contributed by atoms with Crippen molar-refractivity contribution in [1.29, 1.82) is 0 Å². The molecular weight excluding hydrogens is 593 g/mol. The highest BCUT2D eigenvalue weighted by molar-refractivity contribution is 6.23. The van der Waals surface area contributed by atoms with Gasteiger partial charge in [0, 0.05) is 10.8 Å². The third-order valence-corrected chi connectivity index (χ3v) is 10.1. The van der Waals surface area contributed by atoms with Crippen LogP contribution in [0.25, 0.3) is 98.8 Å². The number of rotatable bonds is 4. The number of hydrogen-bond donors (Lipinski definition) is 0. The van der Waals surface area contributed by atoms with E-state index in [1.807, 2.05) is 6.07 Å². The lowest BCUT2D eigenvalue weighted by molar-refractivity contribution is 0.669. The Morgan fingerprint density at radius 2 is 0.796 bits per heavy atom. The predicted octanol–water partition coefficient (Wildman–Crippen LogP) is 13.7. The monoisotopic (exact) mass is 622 g/mol. The Balaban J connectivity index is 1.29. The van der Waals surface area contributed by atoms with Crippen LogP contribution < -0.4 is 0 Å². The molecule has 0 aliphatic carbocycles. The minimum absolute atomic E-state index is 0.900. The molecule has 228 valence electrons. The summed E-state index contributed by atoms with van der Waals surface area (Å²) < 4.78 is 6.49. The summed E-state index contributed by atoms with van der Waals surface area (Å²) in [7, 11) is 0. The lowest BCUT2D eigenvalue weighted by Gasteiger charge is -2.20. The van der Waals surface area contributed by atoms with E-state index in [-0.39, 0.29) is 0 Å². The first kappa shape index (κ1) is 27.7. The number of benzene rings is 9. The van der Waals surface area contributed by atoms with Gasteiger partial charge in [0.1, 0.15) is 11.2 Å². The maximum atomic E-state index is 6.49. The molecule has 0 radical (unpaired) electrons. The fourth-order valence-electron chi connectivity index (χ4n) is 7.76. The van der Waals surface area contributed by atoms with Gasteiger partial charge in [-0.3, -0.25) is 0 Å². The van der Waals surface area contributed by atoms with E-state index in [4.69, 9.17) is 4.42 Å². The van der Waals surface area contributed by atoms with Gasteiger partial charge in [-0.15, -0.1) is 0 Å². The third kappa shape index (κ3) is 4.47. The summed E-state index contributed by atoms with van der Waals surface area (Å²) in [5, 5.41) is 9.66. The van der Waals surface area contributed by atoms with Crippen molar-refractivity contribution < 1.29 is 4.42 Å². The van der Waals surface area contributed by atoms with Gasteiger partial charge in [0.05, 0.1) is 0 Å². The van der Waals surface area contributed by atoms with E-state index in [2.05, 4.69) is 176 Å². The van der Waals surface area contributed by atoms with Crippen molar-refractivity contribution in [2.24, 2.45) is 0 Å². The van der Waals surface area contributed by atoms with Gasteiger partial charge in [0.25, 0.3) is 0 Å². The molecule has 10 rings (SSSR count). The van der Waals surface area contributed by atoms with E-state index >= 15 is 0 Å². The Morgan fingerprint density at radius 3 is 1.51 bits per heavy atom. The Kier molecular flexibility index (Phi) is 6.25. The average molecular weight is 623 g/mol. The molecule has 0 unspecified atom stereocenters. The second-order valence-electron chi connectivity index (χ2n) is 12.8. The van der Waals surface area contributed by atoms with Crippen LogP contribution in [0, 0.1) is 0 Å². The minimum atomic E-state index is 0.900. The van der Waals surface area contributed by atoms with Crippen LogP contribution in [0.5, 0.6) is 0 Å². The Bertz CT molecular complexity index is 2800. The maximum Gasteiger partial charge on any atom is 0.136 e. The van der Waals surface area contributed by atoms with E-state index in [1.54, 1.807) is 0 Å². The molecule has 0 spiro atoms. The molecule has 0 fully saturated rings. The molecule has 49 heavy (non-hydrogen) atoms. The number of furan rings is 1. The Hall–Kier alpha value is -6.44. The van der Waals surface area contributed by atoms with Crippen LogP contribution in [0.4, 0.5) is 0 Å². The second kappa shape index (κ2) is 11.1. The number of hydrogen-bond acceptors (Lipinski definition) is 1. The second-order valence-corrected chi connectivity index (χ2v) is 12.8. The molecule has 0 aliphatic heterocycles. The molecule has 0 saturated carbocycles. The van der Waals surface area contributed by atoms with Crippen molar-refractivity contribution in [1.82, 2.24) is 0 Å². The summed E-state index contributed by atoms with van der Waals surface area (Å²) in [6, 6.07) is 65.9. The van der Waals surface area contributed by atoms with Crippen molar-refractivity contribution >= 4 is 54.3 Å². The van der Waals surface area contributed by atoms with E-state index < -0.39 is 0 Å². The molecule has 1 heterocycles. The molecule has 0 saturated heterocycles. The zero-order valence-electron chi connectivity index (χ0n) is 26.7. The summed E-state index contributed by atoms with van der Waals surface area (Å²) >= 11 is 0. The van der Waals surface area contributed by atoms with Crippen molar-refractivity contribution in [3.05, 3.63) is 182 Å². The topological polar surface area (TPSA) is 13.1 Å². The van der Waals surface area contributed by atoms with Gasteiger partial charge in [-0.25, -0.2) is 0 Å². The summed E-state index contributed by atoms with van der Waals surface area (Å²) in [5.41, 5.74) is 11.5. The smallest absolute Gasteiger partial charge is 0.136 e. The summed E-state index contributed by atoms with van der Waals surface area (Å²) in [6.07, 6.45) is 0. The molecule has 1 heteroatoms. The number of para-hydroxylation sites is 1. The van der Waals surface area contributed by atoms with Crippen molar-refractivity contribution in [3.63, 3.8) is 0 Å². The summed E-state index contributed by atoms with van der Waals surface area (Å²) in [6.45, 7) is 0. The van der Waals surface area contributed by atoms with Gasteiger partial charge < -0.3 is 4.42 Å². The van der Waals surface area contributed by atoms with Gasteiger partial charge in [-0.1, -0.05) is 158 Å². The normalized spacial score (nSPS) is 11.7. The molecule has 10 aromatic rings. The van der Waals surface area contributed by atoms with Crippen LogP contribution in [-0.2, 0) is 0 Å². The van der Waals surface area contributed by atoms with Crippen LogP contribution >= 0.6 is 0 Å². The molecule has 0 amide bonds.